The van der Waals surface area contributed by atoms with Crippen LogP contribution in [0.25, 0.3) is 0 Å². The monoisotopic (exact) mass is 324 g/mol. The first-order valence-electron chi connectivity index (χ1n) is 7.59. The van der Waals surface area contributed by atoms with E-state index >= 15 is 0 Å². The molecule has 3 unspecified atom stereocenters. The van der Waals surface area contributed by atoms with Crippen LogP contribution >= 0.6 is 0 Å². The second-order valence-electron chi connectivity index (χ2n) is 6.52. The van der Waals surface area contributed by atoms with Crippen LogP contribution in [0.4, 0.5) is 0 Å². The van der Waals surface area contributed by atoms with Crippen LogP contribution in [0.15, 0.2) is 10.2 Å². The Morgan fingerprint density at radius 2 is 1.52 bits per heavy atom. The molecule has 1 N–H and O–H groups in total. The Labute approximate surface area is 138 Å². The molecule has 0 radical (unpaired) electrons. The largest absolute Gasteiger partial charge is 0.396 e. The molecule has 23 heavy (non-hydrogen) atoms. The van der Waals surface area contributed by atoms with Gasteiger partial charge in [0.2, 0.25) is 0 Å². The van der Waals surface area contributed by atoms with E-state index in [4.69, 9.17) is 14.6 Å². The van der Waals surface area contributed by atoms with Crippen molar-refractivity contribution in [3.63, 3.8) is 0 Å². The van der Waals surface area contributed by atoms with Gasteiger partial charge in [-0.25, -0.2) is 0 Å². The van der Waals surface area contributed by atoms with E-state index < -0.39 is 16.9 Å². The van der Waals surface area contributed by atoms with Gasteiger partial charge < -0.3 is 14.6 Å². The molecule has 0 aromatic rings. The molecule has 0 rings (SSSR count). The second kappa shape index (κ2) is 8.93. The van der Waals surface area contributed by atoms with Crippen LogP contribution in [0.5, 0.6) is 0 Å². The van der Waals surface area contributed by atoms with Gasteiger partial charge in [0.15, 0.2) is 16.9 Å². The highest BCUT2D eigenvalue weighted by Crippen LogP contribution is 2.29. The molecule has 0 aliphatic heterocycles. The first-order chi connectivity index (χ1) is 10.6. The van der Waals surface area contributed by atoms with Gasteiger partial charge in [-0.15, -0.1) is 0 Å². The summed E-state index contributed by atoms with van der Waals surface area (Å²) < 4.78 is 10.5. The standard InChI is InChI=1S/C16H28N4O3/c1-13(9-21)7-8-14(2,11-17)19-20-15(3,12-18)10-16(4,22-5)23-6/h13,21H,7-10H2,1-6H3. The number of hydrogen-bond acceptors (Lipinski definition) is 7. The number of hydrogen-bond donors (Lipinski definition) is 1. The third kappa shape index (κ3) is 7.04. The lowest BCUT2D eigenvalue weighted by Gasteiger charge is -2.31. The van der Waals surface area contributed by atoms with E-state index in [-0.39, 0.29) is 18.9 Å². The Morgan fingerprint density at radius 3 is 1.91 bits per heavy atom. The average molecular weight is 324 g/mol. The highest BCUT2D eigenvalue weighted by atomic mass is 16.7. The predicted molar refractivity (Wildman–Crippen MR) is 85.4 cm³/mol. The van der Waals surface area contributed by atoms with Crippen LogP contribution < -0.4 is 0 Å². The highest BCUT2D eigenvalue weighted by Gasteiger charge is 2.37. The Morgan fingerprint density at radius 1 is 1.04 bits per heavy atom. The van der Waals surface area contributed by atoms with Crippen LogP contribution in [0.2, 0.25) is 0 Å². The maximum atomic E-state index is 9.43. The smallest absolute Gasteiger partial charge is 0.169 e. The summed E-state index contributed by atoms with van der Waals surface area (Å²) in [5.74, 6) is -0.872. The maximum absolute atomic E-state index is 9.43. The molecule has 0 aliphatic carbocycles. The Balaban J connectivity index is 5.17. The topological polar surface area (TPSA) is 111 Å². The molecule has 0 fully saturated rings. The molecule has 130 valence electrons. The third-order valence-corrected chi connectivity index (χ3v) is 3.94. The lowest BCUT2D eigenvalue weighted by atomic mass is 9.93. The van der Waals surface area contributed by atoms with E-state index in [2.05, 4.69) is 22.4 Å². The third-order valence-electron chi connectivity index (χ3n) is 3.94. The molecular formula is C16H28N4O3. The summed E-state index contributed by atoms with van der Waals surface area (Å²) in [5, 5.41) is 36.1. The van der Waals surface area contributed by atoms with Gasteiger partial charge in [-0.2, -0.15) is 20.8 Å². The van der Waals surface area contributed by atoms with Crippen LogP contribution in [-0.2, 0) is 9.47 Å². The number of ether oxygens (including phenoxy) is 2. The number of nitriles is 2. The predicted octanol–water partition coefficient (Wildman–Crippen LogP) is 2.81. The van der Waals surface area contributed by atoms with Crippen molar-refractivity contribution < 1.29 is 14.6 Å². The Bertz CT molecular complexity index is 479. The Hall–Kier alpha value is -1.54. The van der Waals surface area contributed by atoms with Gasteiger partial charge >= 0.3 is 0 Å². The molecular weight excluding hydrogens is 296 g/mol. The molecule has 0 spiro atoms. The number of rotatable bonds is 10. The fourth-order valence-corrected chi connectivity index (χ4v) is 1.92. The number of methoxy groups -OCH3 is 2. The van der Waals surface area contributed by atoms with Crippen molar-refractivity contribution in [3.8, 4) is 12.1 Å². The molecule has 7 heteroatoms. The minimum Gasteiger partial charge on any atom is -0.396 e. The minimum absolute atomic E-state index is 0.0641. The van der Waals surface area contributed by atoms with Crippen molar-refractivity contribution >= 4 is 0 Å². The number of aliphatic hydroxyl groups excluding tert-OH is 1. The summed E-state index contributed by atoms with van der Waals surface area (Å²) in [6.07, 6.45) is 1.29. The fourth-order valence-electron chi connectivity index (χ4n) is 1.92. The summed E-state index contributed by atoms with van der Waals surface area (Å²) in [6.45, 7) is 6.97. The molecule has 7 nitrogen and oxygen atoms in total. The molecule has 0 saturated heterocycles. The minimum atomic E-state index is -1.17. The van der Waals surface area contributed by atoms with E-state index in [1.54, 1.807) is 20.8 Å². The van der Waals surface area contributed by atoms with Crippen molar-refractivity contribution in [1.29, 1.82) is 10.5 Å². The summed E-state index contributed by atoms with van der Waals surface area (Å²) in [4.78, 5) is 0. The zero-order chi connectivity index (χ0) is 18.1. The summed E-state index contributed by atoms with van der Waals surface area (Å²) >= 11 is 0. The molecule has 3 atom stereocenters. The first kappa shape index (κ1) is 21.5. The van der Waals surface area contributed by atoms with Gasteiger partial charge in [0.05, 0.1) is 12.1 Å². The molecule has 0 bridgehead atoms. The quantitative estimate of drug-likeness (QED) is 0.490. The zero-order valence-electron chi connectivity index (χ0n) is 15.0. The number of nitrogens with zero attached hydrogens (tertiary/aromatic N) is 4. The first-order valence-corrected chi connectivity index (χ1v) is 7.59. The summed E-state index contributed by atoms with van der Waals surface area (Å²) in [6, 6.07) is 4.24. The van der Waals surface area contributed by atoms with E-state index in [1.807, 2.05) is 6.92 Å². The average Bonchev–Trinajstić information content (AvgIpc) is 2.57. The molecule has 0 aromatic carbocycles. The van der Waals surface area contributed by atoms with Gasteiger partial charge in [-0.05, 0) is 39.5 Å². The van der Waals surface area contributed by atoms with Crippen molar-refractivity contribution in [1.82, 2.24) is 0 Å². The van der Waals surface area contributed by atoms with E-state index in [9.17, 15) is 10.5 Å². The van der Waals surface area contributed by atoms with Gasteiger partial charge in [0, 0.05) is 27.2 Å². The zero-order valence-corrected chi connectivity index (χ0v) is 15.0. The van der Waals surface area contributed by atoms with Crippen LogP contribution in [0, 0.1) is 28.6 Å². The van der Waals surface area contributed by atoms with E-state index in [0.29, 0.717) is 12.8 Å². The SMILES string of the molecule is COC(C)(CC(C)(C#N)N=NC(C)(C#N)CCC(C)CO)OC. The van der Waals surface area contributed by atoms with Crippen LogP contribution in [-0.4, -0.2) is 42.8 Å². The van der Waals surface area contributed by atoms with Crippen molar-refractivity contribution in [2.24, 2.45) is 16.1 Å². The molecule has 0 aromatic heterocycles. The molecule has 0 aliphatic rings. The lowest BCUT2D eigenvalue weighted by molar-refractivity contribution is -0.202. The van der Waals surface area contributed by atoms with Crippen LogP contribution in [0.1, 0.15) is 47.0 Å². The van der Waals surface area contributed by atoms with Gasteiger partial charge in [-0.1, -0.05) is 6.92 Å². The highest BCUT2D eigenvalue weighted by molar-refractivity contribution is 5.08. The molecule has 0 heterocycles. The summed E-state index contributed by atoms with van der Waals surface area (Å²) in [7, 11) is 2.99. The van der Waals surface area contributed by atoms with Crippen molar-refractivity contribution in [2.75, 3.05) is 20.8 Å². The fraction of sp³-hybridized carbons (Fsp3) is 0.875. The second-order valence-corrected chi connectivity index (χ2v) is 6.52. The van der Waals surface area contributed by atoms with Gasteiger partial charge in [0.25, 0.3) is 0 Å². The Kier molecular flexibility index (Phi) is 8.33. The molecule has 0 amide bonds. The summed E-state index contributed by atoms with van der Waals surface area (Å²) in [5.41, 5.74) is -2.19. The normalized spacial score (nSPS) is 18.7. The van der Waals surface area contributed by atoms with Crippen LogP contribution in [0.3, 0.4) is 0 Å². The van der Waals surface area contributed by atoms with Crippen molar-refractivity contribution in [2.45, 2.75) is 63.8 Å². The van der Waals surface area contributed by atoms with E-state index in [0.717, 1.165) is 0 Å². The van der Waals surface area contributed by atoms with Gasteiger partial charge in [-0.3, -0.25) is 0 Å². The maximum Gasteiger partial charge on any atom is 0.169 e. The molecule has 0 saturated carbocycles. The van der Waals surface area contributed by atoms with Crippen molar-refractivity contribution in [3.05, 3.63) is 0 Å². The van der Waals surface area contributed by atoms with Gasteiger partial charge in [0.1, 0.15) is 0 Å². The number of azo groups is 1. The number of aliphatic hydroxyl groups is 1. The van der Waals surface area contributed by atoms with E-state index in [1.165, 1.54) is 14.2 Å². The lowest BCUT2D eigenvalue weighted by Crippen LogP contribution is -2.39.